The van der Waals surface area contributed by atoms with E-state index in [0.29, 0.717) is 11.3 Å². The van der Waals surface area contributed by atoms with Crippen molar-refractivity contribution in [3.63, 3.8) is 0 Å². The molecule has 0 heterocycles. The first-order valence-electron chi connectivity index (χ1n) is 5.56. The van der Waals surface area contributed by atoms with Gasteiger partial charge in [-0.2, -0.15) is 0 Å². The third-order valence-electron chi connectivity index (χ3n) is 3.65. The third kappa shape index (κ3) is 2.60. The van der Waals surface area contributed by atoms with Gasteiger partial charge in [-0.05, 0) is 41.6 Å². The number of hydrogen-bond donors (Lipinski definition) is 0. The maximum Gasteiger partial charge on any atom is 0.0409 e. The summed E-state index contributed by atoms with van der Waals surface area (Å²) in [4.78, 5) is 4.55. The number of nitrogens with zero attached hydrogens (tertiary/aromatic N) is 1. The highest BCUT2D eigenvalue weighted by Crippen LogP contribution is 2.48. The Kier molecular flexibility index (Phi) is 4.32. The van der Waals surface area contributed by atoms with E-state index in [2.05, 4.69) is 48.3 Å². The summed E-state index contributed by atoms with van der Waals surface area (Å²) >= 11 is 3.38. The van der Waals surface area contributed by atoms with E-state index in [0.717, 1.165) is 4.48 Å². The quantitative estimate of drug-likeness (QED) is 0.519. The van der Waals surface area contributed by atoms with Crippen LogP contribution in [-0.4, -0.2) is 5.71 Å². The van der Waals surface area contributed by atoms with Crippen molar-refractivity contribution in [2.45, 2.75) is 40.0 Å². The molecule has 0 atom stereocenters. The second-order valence-electron chi connectivity index (χ2n) is 4.60. The Morgan fingerprint density at radius 1 is 1.47 bits per heavy atom. The van der Waals surface area contributed by atoms with Gasteiger partial charge in [0.2, 0.25) is 0 Å². The van der Waals surface area contributed by atoms with E-state index in [9.17, 15) is 0 Å². The van der Waals surface area contributed by atoms with Crippen LogP contribution in [0.2, 0.25) is 0 Å². The van der Waals surface area contributed by atoms with Crippen LogP contribution in [0.4, 0.5) is 0 Å². The van der Waals surface area contributed by atoms with Gasteiger partial charge in [-0.3, -0.25) is 4.99 Å². The summed E-state index contributed by atoms with van der Waals surface area (Å²) in [5, 5.41) is 0. The number of allylic oxidation sites excluding steroid dienone is 2. The summed E-state index contributed by atoms with van der Waals surface area (Å²) in [5.41, 5.74) is 1.63. The largest absolute Gasteiger partial charge is 0.264 e. The Morgan fingerprint density at radius 3 is 2.40 bits per heavy atom. The van der Waals surface area contributed by atoms with E-state index in [1.165, 1.54) is 25.0 Å². The molecule has 0 N–H and O–H groups in total. The topological polar surface area (TPSA) is 12.4 Å². The van der Waals surface area contributed by atoms with Crippen molar-refractivity contribution in [2.75, 3.05) is 0 Å². The van der Waals surface area contributed by atoms with Gasteiger partial charge in [0.25, 0.3) is 0 Å². The Labute approximate surface area is 101 Å². The van der Waals surface area contributed by atoms with Gasteiger partial charge >= 0.3 is 0 Å². The van der Waals surface area contributed by atoms with Crippen LogP contribution in [0.15, 0.2) is 28.3 Å². The monoisotopic (exact) mass is 269 g/mol. The molecule has 0 aliphatic heterocycles. The zero-order valence-electron chi connectivity index (χ0n) is 9.89. The highest BCUT2D eigenvalue weighted by molar-refractivity contribution is 9.11. The molecule has 84 valence electrons. The van der Waals surface area contributed by atoms with Crippen LogP contribution in [0.5, 0.6) is 0 Å². The second kappa shape index (κ2) is 5.11. The molecule has 15 heavy (non-hydrogen) atoms. The van der Waals surface area contributed by atoms with Crippen molar-refractivity contribution < 1.29 is 0 Å². The molecule has 1 nitrogen and oxygen atoms in total. The molecule has 0 unspecified atom stereocenters. The van der Waals surface area contributed by atoms with Gasteiger partial charge in [0.05, 0.1) is 0 Å². The predicted molar refractivity (Wildman–Crippen MR) is 71.4 cm³/mol. The molecule has 1 fully saturated rings. The molecule has 1 rings (SSSR count). The van der Waals surface area contributed by atoms with Crippen LogP contribution in [0.1, 0.15) is 40.0 Å². The van der Waals surface area contributed by atoms with Crippen LogP contribution >= 0.6 is 15.9 Å². The fourth-order valence-corrected chi connectivity index (χ4v) is 2.36. The van der Waals surface area contributed by atoms with E-state index in [4.69, 9.17) is 0 Å². The van der Waals surface area contributed by atoms with Crippen molar-refractivity contribution in [3.8, 4) is 0 Å². The third-order valence-corrected chi connectivity index (χ3v) is 4.18. The first-order chi connectivity index (χ1) is 7.03. The summed E-state index contributed by atoms with van der Waals surface area (Å²) in [7, 11) is 0. The number of hydrogen-bond acceptors (Lipinski definition) is 1. The molecule has 0 bridgehead atoms. The van der Waals surface area contributed by atoms with Gasteiger partial charge in [0.15, 0.2) is 0 Å². The molecule has 0 radical (unpaired) electrons. The van der Waals surface area contributed by atoms with Crippen LogP contribution < -0.4 is 0 Å². The van der Waals surface area contributed by atoms with Gasteiger partial charge < -0.3 is 0 Å². The standard InChI is InChI=1S/C13H20BrN/c1-5-12(14)9-15-11(4)13(10(2)3)7-6-8-13/h5,9-10H,1,6-8H2,2-4H3/b12-9+,15-11+. The Hall–Kier alpha value is -0.370. The van der Waals surface area contributed by atoms with Crippen LogP contribution in [-0.2, 0) is 0 Å². The van der Waals surface area contributed by atoms with Crippen molar-refractivity contribution in [1.29, 1.82) is 0 Å². The summed E-state index contributed by atoms with van der Waals surface area (Å²) < 4.78 is 0.945. The van der Waals surface area contributed by atoms with Crippen molar-refractivity contribution in [3.05, 3.63) is 23.3 Å². The Bertz CT molecular complexity index is 296. The van der Waals surface area contributed by atoms with Gasteiger partial charge in [-0.25, -0.2) is 0 Å². The SMILES string of the molecule is C=C/C(Br)=C\N=C(/C)C1(C(C)C)CCC1. The highest BCUT2D eigenvalue weighted by Gasteiger charge is 2.42. The summed E-state index contributed by atoms with van der Waals surface area (Å²) in [6, 6.07) is 0. The second-order valence-corrected chi connectivity index (χ2v) is 5.51. The fourth-order valence-electron chi connectivity index (χ4n) is 2.25. The summed E-state index contributed by atoms with van der Waals surface area (Å²) in [5.74, 6) is 0.686. The molecule has 1 aliphatic carbocycles. The van der Waals surface area contributed by atoms with Crippen LogP contribution in [0.25, 0.3) is 0 Å². The maximum absolute atomic E-state index is 4.55. The summed E-state index contributed by atoms with van der Waals surface area (Å²) in [6.45, 7) is 10.4. The lowest BCUT2D eigenvalue weighted by molar-refractivity contribution is 0.156. The van der Waals surface area contributed by atoms with E-state index in [1.807, 2.05) is 6.20 Å². The molecule has 1 aliphatic rings. The molecule has 0 spiro atoms. The number of halogens is 1. The molecule has 0 aromatic carbocycles. The van der Waals surface area contributed by atoms with Crippen molar-refractivity contribution >= 4 is 21.6 Å². The average molecular weight is 270 g/mol. The molecule has 0 aromatic rings. The summed E-state index contributed by atoms with van der Waals surface area (Å²) in [6.07, 6.45) is 7.54. The minimum Gasteiger partial charge on any atom is -0.264 e. The Balaban J connectivity index is 2.82. The predicted octanol–water partition coefficient (Wildman–Crippen LogP) is 4.70. The van der Waals surface area contributed by atoms with E-state index in [-0.39, 0.29) is 0 Å². The maximum atomic E-state index is 4.55. The normalized spacial score (nSPS) is 21.4. The zero-order valence-corrected chi connectivity index (χ0v) is 11.5. The molecule has 0 aromatic heterocycles. The van der Waals surface area contributed by atoms with E-state index >= 15 is 0 Å². The first-order valence-corrected chi connectivity index (χ1v) is 6.35. The van der Waals surface area contributed by atoms with Crippen molar-refractivity contribution in [1.82, 2.24) is 0 Å². The minimum atomic E-state index is 0.366. The van der Waals surface area contributed by atoms with Gasteiger partial charge in [0, 0.05) is 21.8 Å². The first kappa shape index (κ1) is 12.7. The van der Waals surface area contributed by atoms with Gasteiger partial charge in [-0.15, -0.1) is 0 Å². The Morgan fingerprint density at radius 2 is 2.07 bits per heavy atom. The fraction of sp³-hybridized carbons (Fsp3) is 0.615. The average Bonchev–Trinajstić information content (AvgIpc) is 2.11. The van der Waals surface area contributed by atoms with Crippen LogP contribution in [0, 0.1) is 11.3 Å². The van der Waals surface area contributed by atoms with Gasteiger partial charge in [0.1, 0.15) is 0 Å². The van der Waals surface area contributed by atoms with Crippen molar-refractivity contribution in [2.24, 2.45) is 16.3 Å². The minimum absolute atomic E-state index is 0.366. The van der Waals surface area contributed by atoms with Crippen LogP contribution in [0.3, 0.4) is 0 Å². The van der Waals surface area contributed by atoms with E-state index in [1.54, 1.807) is 6.08 Å². The smallest absolute Gasteiger partial charge is 0.0409 e. The zero-order chi connectivity index (χ0) is 11.5. The lowest BCUT2D eigenvalue weighted by atomic mass is 9.59. The molecule has 0 saturated heterocycles. The highest BCUT2D eigenvalue weighted by atomic mass is 79.9. The lowest BCUT2D eigenvalue weighted by Gasteiger charge is -2.45. The lowest BCUT2D eigenvalue weighted by Crippen LogP contribution is -2.41. The van der Waals surface area contributed by atoms with E-state index < -0.39 is 0 Å². The molecular formula is C13H20BrN. The molecular weight excluding hydrogens is 250 g/mol. The van der Waals surface area contributed by atoms with Gasteiger partial charge in [-0.1, -0.05) is 32.9 Å². The number of rotatable bonds is 4. The number of aliphatic imine (C=N–C) groups is 1. The molecule has 0 amide bonds. The molecule has 2 heteroatoms. The molecule has 1 saturated carbocycles.